The van der Waals surface area contributed by atoms with E-state index in [0.717, 1.165) is 12.8 Å². The predicted molar refractivity (Wildman–Crippen MR) is 59.5 cm³/mol. The first kappa shape index (κ1) is 10.9. The fraction of sp³-hybridized carbons (Fsp3) is 0.300. The third kappa shape index (κ3) is 2.30. The van der Waals surface area contributed by atoms with Crippen molar-refractivity contribution in [3.63, 3.8) is 0 Å². The monoisotopic (exact) mass is 240 g/mol. The summed E-state index contributed by atoms with van der Waals surface area (Å²) in [4.78, 5) is 21.6. The van der Waals surface area contributed by atoms with Crippen LogP contribution in [0.15, 0.2) is 18.2 Å². The fourth-order valence-electron chi connectivity index (χ4n) is 1.34. The number of nitrogens with zero attached hydrogens (tertiary/aromatic N) is 1. The number of nitrogens with one attached hydrogen (secondary N) is 1. The van der Waals surface area contributed by atoms with Gasteiger partial charge in [-0.15, -0.1) is 0 Å². The van der Waals surface area contributed by atoms with Crippen molar-refractivity contribution >= 4 is 28.9 Å². The molecule has 0 unspecified atom stereocenters. The van der Waals surface area contributed by atoms with Crippen molar-refractivity contribution in [3.8, 4) is 0 Å². The molecule has 6 heteroatoms. The number of amides is 1. The molecule has 1 saturated carbocycles. The molecule has 1 aliphatic carbocycles. The molecule has 0 atom stereocenters. The van der Waals surface area contributed by atoms with Crippen LogP contribution in [0.2, 0.25) is 5.02 Å². The van der Waals surface area contributed by atoms with Crippen LogP contribution in [0, 0.1) is 16.0 Å². The highest BCUT2D eigenvalue weighted by molar-refractivity contribution is 6.31. The number of carbonyl (C=O) groups is 1. The lowest BCUT2D eigenvalue weighted by Gasteiger charge is -2.05. The minimum atomic E-state index is -0.561. The van der Waals surface area contributed by atoms with E-state index in [1.54, 1.807) is 0 Å². The Labute approximate surface area is 96.6 Å². The van der Waals surface area contributed by atoms with Gasteiger partial charge in [0, 0.05) is 17.0 Å². The quantitative estimate of drug-likeness (QED) is 0.652. The van der Waals surface area contributed by atoms with E-state index in [4.69, 9.17) is 11.6 Å². The topological polar surface area (TPSA) is 72.2 Å². The summed E-state index contributed by atoms with van der Waals surface area (Å²) >= 11 is 5.66. The smallest absolute Gasteiger partial charge is 0.294 e. The second kappa shape index (κ2) is 4.09. The van der Waals surface area contributed by atoms with Gasteiger partial charge in [0.05, 0.1) is 4.92 Å². The van der Waals surface area contributed by atoms with Crippen LogP contribution < -0.4 is 5.32 Å². The maximum atomic E-state index is 11.5. The number of nitro benzene ring substituents is 1. The van der Waals surface area contributed by atoms with E-state index in [1.807, 2.05) is 0 Å². The molecule has 0 heterocycles. The van der Waals surface area contributed by atoms with Crippen LogP contribution >= 0.6 is 11.6 Å². The van der Waals surface area contributed by atoms with Crippen LogP contribution in [0.5, 0.6) is 0 Å². The zero-order valence-electron chi connectivity index (χ0n) is 8.27. The second-order valence-corrected chi connectivity index (χ2v) is 4.12. The van der Waals surface area contributed by atoms with Crippen LogP contribution in [0.4, 0.5) is 11.4 Å². The van der Waals surface area contributed by atoms with Crippen molar-refractivity contribution in [3.05, 3.63) is 33.3 Å². The van der Waals surface area contributed by atoms with Gasteiger partial charge in [0.1, 0.15) is 5.69 Å². The molecule has 1 aliphatic rings. The Kier molecular flexibility index (Phi) is 2.78. The maximum Gasteiger partial charge on any atom is 0.294 e. The zero-order chi connectivity index (χ0) is 11.7. The summed E-state index contributed by atoms with van der Waals surface area (Å²) in [5.41, 5.74) is 0.0211. The Morgan fingerprint density at radius 2 is 2.19 bits per heavy atom. The second-order valence-electron chi connectivity index (χ2n) is 3.68. The van der Waals surface area contributed by atoms with E-state index in [2.05, 4.69) is 5.32 Å². The number of hydrogen-bond acceptors (Lipinski definition) is 3. The number of benzene rings is 1. The summed E-state index contributed by atoms with van der Waals surface area (Å²) < 4.78 is 0. The first-order chi connectivity index (χ1) is 7.58. The summed E-state index contributed by atoms with van der Waals surface area (Å²) in [5.74, 6) is -0.152. The van der Waals surface area contributed by atoms with Gasteiger partial charge in [0.25, 0.3) is 5.69 Å². The lowest BCUT2D eigenvalue weighted by Crippen LogP contribution is -2.14. The molecule has 1 aromatic carbocycles. The molecule has 84 valence electrons. The highest BCUT2D eigenvalue weighted by atomic mass is 35.5. The molecule has 1 N–H and O–H groups in total. The van der Waals surface area contributed by atoms with Gasteiger partial charge in [-0.05, 0) is 25.0 Å². The first-order valence-corrected chi connectivity index (χ1v) is 5.20. The molecule has 0 bridgehead atoms. The van der Waals surface area contributed by atoms with E-state index < -0.39 is 4.92 Å². The number of carbonyl (C=O) groups excluding carboxylic acids is 1. The largest absolute Gasteiger partial charge is 0.320 e. The van der Waals surface area contributed by atoms with Gasteiger partial charge in [-0.2, -0.15) is 0 Å². The molecule has 0 spiro atoms. The molecule has 0 aromatic heterocycles. The summed E-state index contributed by atoms with van der Waals surface area (Å²) in [5, 5.41) is 13.6. The summed E-state index contributed by atoms with van der Waals surface area (Å²) in [6.45, 7) is 0. The van der Waals surface area contributed by atoms with Gasteiger partial charge < -0.3 is 5.32 Å². The van der Waals surface area contributed by atoms with Gasteiger partial charge >= 0.3 is 0 Å². The average molecular weight is 241 g/mol. The molecule has 0 aliphatic heterocycles. The third-order valence-electron chi connectivity index (χ3n) is 2.36. The molecule has 0 radical (unpaired) electrons. The van der Waals surface area contributed by atoms with E-state index in [-0.39, 0.29) is 28.2 Å². The van der Waals surface area contributed by atoms with Crippen LogP contribution in [0.3, 0.4) is 0 Å². The Balaban J connectivity index is 2.24. The molecule has 1 amide bonds. The standard InChI is InChI=1S/C10H9ClN2O3/c11-7-3-4-8(9(5-7)13(15)16)12-10(14)6-1-2-6/h3-6H,1-2H2,(H,12,14). The molecular formula is C10H9ClN2O3. The van der Waals surface area contributed by atoms with E-state index >= 15 is 0 Å². The molecule has 1 aromatic rings. The fourth-order valence-corrected chi connectivity index (χ4v) is 1.51. The van der Waals surface area contributed by atoms with E-state index in [9.17, 15) is 14.9 Å². The van der Waals surface area contributed by atoms with Crippen molar-refractivity contribution in [2.75, 3.05) is 5.32 Å². The first-order valence-electron chi connectivity index (χ1n) is 4.83. The number of rotatable bonds is 3. The van der Waals surface area contributed by atoms with Crippen molar-refractivity contribution in [1.82, 2.24) is 0 Å². The minimum absolute atomic E-state index is 0.00952. The summed E-state index contributed by atoms with van der Waals surface area (Å²) in [6, 6.07) is 4.18. The molecule has 0 saturated heterocycles. The Bertz CT molecular complexity index is 457. The summed E-state index contributed by atoms with van der Waals surface area (Å²) in [7, 11) is 0. The van der Waals surface area contributed by atoms with Crippen molar-refractivity contribution in [2.24, 2.45) is 5.92 Å². The van der Waals surface area contributed by atoms with Crippen LogP contribution in [-0.4, -0.2) is 10.8 Å². The molecule has 16 heavy (non-hydrogen) atoms. The molecule has 2 rings (SSSR count). The van der Waals surface area contributed by atoms with Gasteiger partial charge in [-0.25, -0.2) is 0 Å². The van der Waals surface area contributed by atoms with Gasteiger partial charge in [0.2, 0.25) is 5.91 Å². The number of nitro groups is 1. The molecular weight excluding hydrogens is 232 g/mol. The maximum absolute atomic E-state index is 11.5. The average Bonchev–Trinajstić information content (AvgIpc) is 3.03. The van der Waals surface area contributed by atoms with Crippen LogP contribution in [0.1, 0.15) is 12.8 Å². The number of halogens is 1. The van der Waals surface area contributed by atoms with Crippen molar-refractivity contribution in [2.45, 2.75) is 12.8 Å². The van der Waals surface area contributed by atoms with Crippen LogP contribution in [0.25, 0.3) is 0 Å². The minimum Gasteiger partial charge on any atom is -0.320 e. The van der Waals surface area contributed by atoms with Crippen LogP contribution in [-0.2, 0) is 4.79 Å². The zero-order valence-corrected chi connectivity index (χ0v) is 9.03. The summed E-state index contributed by atoms with van der Waals surface area (Å²) in [6.07, 6.45) is 1.71. The predicted octanol–water partition coefficient (Wildman–Crippen LogP) is 2.60. The molecule has 1 fully saturated rings. The Hall–Kier alpha value is -1.62. The van der Waals surface area contributed by atoms with Crippen molar-refractivity contribution < 1.29 is 9.72 Å². The highest BCUT2D eigenvalue weighted by Gasteiger charge is 2.30. The van der Waals surface area contributed by atoms with E-state index in [0.29, 0.717) is 0 Å². The van der Waals surface area contributed by atoms with E-state index in [1.165, 1.54) is 18.2 Å². The van der Waals surface area contributed by atoms with Gasteiger partial charge in [-0.3, -0.25) is 14.9 Å². The lowest BCUT2D eigenvalue weighted by molar-refractivity contribution is -0.383. The van der Waals surface area contributed by atoms with Gasteiger partial charge in [-0.1, -0.05) is 11.6 Å². The molecule has 5 nitrogen and oxygen atoms in total. The number of anilines is 1. The normalized spacial score (nSPS) is 14.6. The lowest BCUT2D eigenvalue weighted by atomic mass is 10.2. The highest BCUT2D eigenvalue weighted by Crippen LogP contribution is 2.33. The third-order valence-corrected chi connectivity index (χ3v) is 2.60. The SMILES string of the molecule is O=C(Nc1ccc(Cl)cc1[N+](=O)[O-])C1CC1. The Morgan fingerprint density at radius 1 is 1.50 bits per heavy atom. The number of hydrogen-bond donors (Lipinski definition) is 1. The van der Waals surface area contributed by atoms with Crippen molar-refractivity contribution in [1.29, 1.82) is 0 Å². The Morgan fingerprint density at radius 3 is 2.75 bits per heavy atom. The van der Waals surface area contributed by atoms with Gasteiger partial charge in [0.15, 0.2) is 0 Å².